The molecule has 0 N–H and O–H groups in total. The van der Waals surface area contributed by atoms with Crippen LogP contribution in [-0.4, -0.2) is 17.8 Å². The Kier molecular flexibility index (Phi) is 4.33. The van der Waals surface area contributed by atoms with Gasteiger partial charge in [-0.05, 0) is 6.42 Å². The smallest absolute Gasteiger partial charge is 0.253 e. The maximum atomic E-state index is 5.52. The van der Waals surface area contributed by atoms with E-state index in [1.807, 2.05) is 0 Å². The van der Waals surface area contributed by atoms with Gasteiger partial charge in [0, 0.05) is 27.4 Å². The first-order chi connectivity index (χ1) is 7.09. The Hall–Kier alpha value is -0.830. The van der Waals surface area contributed by atoms with Crippen molar-refractivity contribution in [1.29, 1.82) is 0 Å². The maximum absolute atomic E-state index is 5.52. The quantitative estimate of drug-likeness (QED) is 0.535. The standard InChI is InChI=1S/C12H23N2O/c1-6-8-15-9-7-14-11(3)10(2)13(5)12(14)4/h6-9H2,1-5H3/q+1. The number of rotatable bonds is 5. The maximum Gasteiger partial charge on any atom is 0.253 e. The van der Waals surface area contributed by atoms with Crippen molar-refractivity contribution in [1.82, 2.24) is 4.57 Å². The van der Waals surface area contributed by atoms with Crippen LogP contribution in [0.3, 0.4) is 0 Å². The molecule has 1 heterocycles. The Labute approximate surface area is 92.7 Å². The van der Waals surface area contributed by atoms with Gasteiger partial charge in [0.1, 0.15) is 17.9 Å². The molecular weight excluding hydrogens is 188 g/mol. The van der Waals surface area contributed by atoms with Crippen LogP contribution in [0.2, 0.25) is 0 Å². The third-order valence-corrected chi connectivity index (χ3v) is 3.12. The minimum absolute atomic E-state index is 0.809. The molecule has 0 aliphatic carbocycles. The molecule has 0 atom stereocenters. The van der Waals surface area contributed by atoms with Gasteiger partial charge in [-0.3, -0.25) is 0 Å². The zero-order valence-electron chi connectivity index (χ0n) is 10.6. The fourth-order valence-corrected chi connectivity index (χ4v) is 1.84. The van der Waals surface area contributed by atoms with Gasteiger partial charge < -0.3 is 4.74 Å². The van der Waals surface area contributed by atoms with Crippen molar-refractivity contribution < 1.29 is 9.30 Å². The highest BCUT2D eigenvalue weighted by atomic mass is 16.5. The van der Waals surface area contributed by atoms with Crippen molar-refractivity contribution in [3.63, 3.8) is 0 Å². The third kappa shape index (κ3) is 2.59. The molecule has 0 aromatic carbocycles. The summed E-state index contributed by atoms with van der Waals surface area (Å²) in [6.07, 6.45) is 1.09. The van der Waals surface area contributed by atoms with E-state index in [0.717, 1.165) is 26.2 Å². The molecule has 0 spiro atoms. The van der Waals surface area contributed by atoms with E-state index in [4.69, 9.17) is 4.74 Å². The van der Waals surface area contributed by atoms with E-state index in [0.29, 0.717) is 0 Å². The average molecular weight is 211 g/mol. The molecule has 0 amide bonds. The van der Waals surface area contributed by atoms with Crippen LogP contribution >= 0.6 is 0 Å². The fourth-order valence-electron chi connectivity index (χ4n) is 1.84. The molecule has 0 aliphatic heterocycles. The van der Waals surface area contributed by atoms with E-state index in [9.17, 15) is 0 Å². The van der Waals surface area contributed by atoms with Crippen LogP contribution in [0.1, 0.15) is 30.6 Å². The molecule has 0 fully saturated rings. The topological polar surface area (TPSA) is 18.0 Å². The van der Waals surface area contributed by atoms with Crippen LogP contribution in [0.4, 0.5) is 0 Å². The molecule has 3 heteroatoms. The van der Waals surface area contributed by atoms with Gasteiger partial charge in [-0.25, -0.2) is 9.13 Å². The lowest BCUT2D eigenvalue weighted by Crippen LogP contribution is -2.33. The van der Waals surface area contributed by atoms with Crippen molar-refractivity contribution in [3.05, 3.63) is 17.2 Å². The highest BCUT2D eigenvalue weighted by Gasteiger charge is 2.18. The Morgan fingerprint density at radius 1 is 1.20 bits per heavy atom. The van der Waals surface area contributed by atoms with E-state index in [1.165, 1.54) is 17.2 Å². The van der Waals surface area contributed by atoms with Crippen LogP contribution in [0.25, 0.3) is 0 Å². The predicted octanol–water partition coefficient (Wildman–Crippen LogP) is 1.66. The van der Waals surface area contributed by atoms with Gasteiger partial charge in [0.25, 0.3) is 5.82 Å². The lowest BCUT2D eigenvalue weighted by molar-refractivity contribution is -0.683. The van der Waals surface area contributed by atoms with Crippen molar-refractivity contribution in [2.75, 3.05) is 13.2 Å². The van der Waals surface area contributed by atoms with Gasteiger partial charge in [0.05, 0.1) is 13.7 Å². The van der Waals surface area contributed by atoms with Crippen LogP contribution in [0, 0.1) is 20.8 Å². The van der Waals surface area contributed by atoms with E-state index >= 15 is 0 Å². The molecule has 0 saturated heterocycles. The number of imidazole rings is 1. The molecule has 0 saturated carbocycles. The SMILES string of the molecule is CCCOCCn1c(C)c(C)[n+](C)c1C. The van der Waals surface area contributed by atoms with E-state index < -0.39 is 0 Å². The van der Waals surface area contributed by atoms with Crippen LogP contribution in [0.15, 0.2) is 0 Å². The van der Waals surface area contributed by atoms with Gasteiger partial charge in [-0.2, -0.15) is 0 Å². The second kappa shape index (κ2) is 5.31. The van der Waals surface area contributed by atoms with Crippen LogP contribution in [0.5, 0.6) is 0 Å². The lowest BCUT2D eigenvalue weighted by Gasteiger charge is -2.02. The van der Waals surface area contributed by atoms with Gasteiger partial charge >= 0.3 is 0 Å². The number of ether oxygens (including phenoxy) is 1. The third-order valence-electron chi connectivity index (χ3n) is 3.12. The largest absolute Gasteiger partial charge is 0.377 e. The van der Waals surface area contributed by atoms with Crippen molar-refractivity contribution in [3.8, 4) is 0 Å². The van der Waals surface area contributed by atoms with Crippen molar-refractivity contribution in [2.24, 2.45) is 7.05 Å². The molecule has 0 bridgehead atoms. The van der Waals surface area contributed by atoms with Gasteiger partial charge in [-0.1, -0.05) is 6.92 Å². The van der Waals surface area contributed by atoms with Gasteiger partial charge in [0.15, 0.2) is 0 Å². The molecule has 1 rings (SSSR count). The summed E-state index contributed by atoms with van der Waals surface area (Å²) < 4.78 is 10.1. The summed E-state index contributed by atoms with van der Waals surface area (Å²) in [5.74, 6) is 1.30. The van der Waals surface area contributed by atoms with Gasteiger partial charge in [0.2, 0.25) is 0 Å². The Morgan fingerprint density at radius 2 is 1.87 bits per heavy atom. The second-order valence-electron chi connectivity index (χ2n) is 4.04. The van der Waals surface area contributed by atoms with Crippen LogP contribution in [-0.2, 0) is 18.3 Å². The number of hydrogen-bond donors (Lipinski definition) is 0. The Bertz CT molecular complexity index is 303. The lowest BCUT2D eigenvalue weighted by atomic mass is 10.4. The molecule has 3 nitrogen and oxygen atoms in total. The zero-order chi connectivity index (χ0) is 11.4. The summed E-state index contributed by atoms with van der Waals surface area (Å²) in [7, 11) is 2.11. The molecular formula is C12H23N2O+. The normalized spacial score (nSPS) is 11.0. The van der Waals surface area contributed by atoms with Gasteiger partial charge in [-0.15, -0.1) is 0 Å². The molecule has 86 valence electrons. The summed E-state index contributed by atoms with van der Waals surface area (Å²) in [5.41, 5.74) is 2.68. The molecule has 0 aliphatic rings. The van der Waals surface area contributed by atoms with Crippen LogP contribution < -0.4 is 4.57 Å². The summed E-state index contributed by atoms with van der Waals surface area (Å²) in [6.45, 7) is 11.2. The predicted molar refractivity (Wildman–Crippen MR) is 60.9 cm³/mol. The summed E-state index contributed by atoms with van der Waals surface area (Å²) in [6, 6.07) is 0. The molecule has 15 heavy (non-hydrogen) atoms. The number of nitrogens with zero attached hydrogens (tertiary/aromatic N) is 2. The van der Waals surface area contributed by atoms with E-state index in [-0.39, 0.29) is 0 Å². The Balaban J connectivity index is 2.65. The minimum atomic E-state index is 0.809. The molecule has 1 aromatic rings. The molecule has 0 unspecified atom stereocenters. The molecule has 1 aromatic heterocycles. The first-order valence-electron chi connectivity index (χ1n) is 5.69. The zero-order valence-corrected chi connectivity index (χ0v) is 10.6. The number of aromatic nitrogens is 2. The summed E-state index contributed by atoms with van der Waals surface area (Å²) >= 11 is 0. The van der Waals surface area contributed by atoms with Crippen molar-refractivity contribution in [2.45, 2.75) is 40.7 Å². The summed E-state index contributed by atoms with van der Waals surface area (Å²) in [4.78, 5) is 0. The summed E-state index contributed by atoms with van der Waals surface area (Å²) in [5, 5.41) is 0. The highest BCUT2D eigenvalue weighted by molar-refractivity contribution is 5.06. The average Bonchev–Trinajstić information content (AvgIpc) is 2.41. The fraction of sp³-hybridized carbons (Fsp3) is 0.750. The first-order valence-corrected chi connectivity index (χ1v) is 5.69. The molecule has 0 radical (unpaired) electrons. The van der Waals surface area contributed by atoms with Crippen molar-refractivity contribution >= 4 is 0 Å². The highest BCUT2D eigenvalue weighted by Crippen LogP contribution is 2.06. The second-order valence-corrected chi connectivity index (χ2v) is 4.04. The Morgan fingerprint density at radius 3 is 2.33 bits per heavy atom. The minimum Gasteiger partial charge on any atom is -0.377 e. The number of hydrogen-bond acceptors (Lipinski definition) is 1. The first kappa shape index (κ1) is 12.2. The van der Waals surface area contributed by atoms with E-state index in [2.05, 4.69) is 43.9 Å². The monoisotopic (exact) mass is 211 g/mol. The van der Waals surface area contributed by atoms with E-state index in [1.54, 1.807) is 0 Å².